The molecule has 0 fully saturated rings. The molecule has 1 aromatic carbocycles. The maximum atomic E-state index is 11.7. The van der Waals surface area contributed by atoms with Gasteiger partial charge in [0.15, 0.2) is 0 Å². The highest BCUT2D eigenvalue weighted by Gasteiger charge is 2.13. The summed E-state index contributed by atoms with van der Waals surface area (Å²) in [6.07, 6.45) is 0.379. The molecular formula is C13H18ClNO. The number of hydrogen-bond acceptors (Lipinski definition) is 1. The number of rotatable bonds is 3. The third-order valence-electron chi connectivity index (χ3n) is 2.86. The van der Waals surface area contributed by atoms with E-state index < -0.39 is 0 Å². The molecule has 2 nitrogen and oxygen atoms in total. The van der Waals surface area contributed by atoms with E-state index >= 15 is 0 Å². The van der Waals surface area contributed by atoms with Crippen molar-refractivity contribution in [2.24, 2.45) is 0 Å². The first-order valence-electron chi connectivity index (χ1n) is 5.37. The van der Waals surface area contributed by atoms with Gasteiger partial charge in [-0.1, -0.05) is 6.07 Å². The zero-order chi connectivity index (χ0) is 12.3. The molecule has 0 heterocycles. The van der Waals surface area contributed by atoms with Crippen LogP contribution in [0.1, 0.15) is 23.1 Å². The largest absolute Gasteiger partial charge is 0.315 e. The van der Waals surface area contributed by atoms with Gasteiger partial charge in [0, 0.05) is 25.0 Å². The maximum absolute atomic E-state index is 11.7. The van der Waals surface area contributed by atoms with Crippen LogP contribution in [0.3, 0.4) is 0 Å². The summed E-state index contributed by atoms with van der Waals surface area (Å²) in [4.78, 5) is 13.4. The zero-order valence-electron chi connectivity index (χ0n) is 10.3. The van der Waals surface area contributed by atoms with Gasteiger partial charge < -0.3 is 4.90 Å². The number of carbonyl (C=O) groups excluding carboxylic acids is 1. The SMILES string of the molecule is Cc1cc(C)c(N(C)C(=O)CCCl)cc1C. The van der Waals surface area contributed by atoms with Crippen molar-refractivity contribution >= 4 is 23.2 Å². The molecule has 88 valence electrons. The van der Waals surface area contributed by atoms with Crippen LogP contribution in [0.25, 0.3) is 0 Å². The number of carbonyl (C=O) groups is 1. The number of aryl methyl sites for hydroxylation is 3. The average Bonchev–Trinajstić information content (AvgIpc) is 2.23. The Balaban J connectivity index is 3.04. The second kappa shape index (κ2) is 5.35. The molecule has 1 amide bonds. The summed E-state index contributed by atoms with van der Waals surface area (Å²) in [5.74, 6) is 0.425. The van der Waals surface area contributed by atoms with E-state index in [2.05, 4.69) is 26.0 Å². The van der Waals surface area contributed by atoms with Crippen LogP contribution in [0, 0.1) is 20.8 Å². The third-order valence-corrected chi connectivity index (χ3v) is 3.05. The zero-order valence-corrected chi connectivity index (χ0v) is 11.1. The lowest BCUT2D eigenvalue weighted by Gasteiger charge is -2.20. The van der Waals surface area contributed by atoms with Gasteiger partial charge in [0.1, 0.15) is 0 Å². The van der Waals surface area contributed by atoms with Crippen molar-refractivity contribution in [3.8, 4) is 0 Å². The first-order valence-corrected chi connectivity index (χ1v) is 5.91. The minimum Gasteiger partial charge on any atom is -0.315 e. The fraction of sp³-hybridized carbons (Fsp3) is 0.462. The van der Waals surface area contributed by atoms with Gasteiger partial charge in [-0.3, -0.25) is 4.79 Å². The van der Waals surface area contributed by atoms with E-state index in [-0.39, 0.29) is 5.91 Å². The summed E-state index contributed by atoms with van der Waals surface area (Å²) in [7, 11) is 1.80. The lowest BCUT2D eigenvalue weighted by atomic mass is 10.0. The normalized spacial score (nSPS) is 10.3. The first-order chi connectivity index (χ1) is 7.47. The predicted molar refractivity (Wildman–Crippen MR) is 69.4 cm³/mol. The fourth-order valence-electron chi connectivity index (χ4n) is 1.69. The number of benzene rings is 1. The Morgan fingerprint density at radius 3 is 2.31 bits per heavy atom. The summed E-state index contributed by atoms with van der Waals surface area (Å²) >= 11 is 5.58. The highest BCUT2D eigenvalue weighted by Crippen LogP contribution is 2.23. The average molecular weight is 240 g/mol. The molecule has 3 heteroatoms. The molecule has 0 radical (unpaired) electrons. The molecule has 0 bridgehead atoms. The van der Waals surface area contributed by atoms with Crippen molar-refractivity contribution < 1.29 is 4.79 Å². The van der Waals surface area contributed by atoms with Crippen LogP contribution >= 0.6 is 11.6 Å². The van der Waals surface area contributed by atoms with Crippen molar-refractivity contribution in [3.05, 3.63) is 28.8 Å². The maximum Gasteiger partial charge on any atom is 0.227 e. The molecule has 0 aromatic heterocycles. The van der Waals surface area contributed by atoms with Gasteiger partial charge in [-0.15, -0.1) is 11.6 Å². The Bertz CT molecular complexity index is 401. The molecule has 0 N–H and O–H groups in total. The third kappa shape index (κ3) is 2.76. The van der Waals surface area contributed by atoms with Crippen LogP contribution in [-0.4, -0.2) is 18.8 Å². The van der Waals surface area contributed by atoms with Crippen molar-refractivity contribution in [3.63, 3.8) is 0 Å². The number of halogens is 1. The number of anilines is 1. The molecule has 0 spiro atoms. The minimum absolute atomic E-state index is 0.0568. The van der Waals surface area contributed by atoms with Crippen LogP contribution in [0.15, 0.2) is 12.1 Å². The summed E-state index contributed by atoms with van der Waals surface area (Å²) in [6.45, 7) is 6.15. The molecule has 1 rings (SSSR count). The molecule has 0 atom stereocenters. The Morgan fingerprint density at radius 1 is 1.19 bits per heavy atom. The second-order valence-electron chi connectivity index (χ2n) is 4.11. The molecule has 0 aliphatic heterocycles. The van der Waals surface area contributed by atoms with E-state index in [0.29, 0.717) is 12.3 Å². The van der Waals surface area contributed by atoms with Gasteiger partial charge in [0.05, 0.1) is 0 Å². The first kappa shape index (κ1) is 13.0. The quantitative estimate of drug-likeness (QED) is 0.742. The van der Waals surface area contributed by atoms with Crippen LogP contribution in [0.5, 0.6) is 0 Å². The Morgan fingerprint density at radius 2 is 1.75 bits per heavy atom. The van der Waals surface area contributed by atoms with E-state index in [1.807, 2.05) is 6.92 Å². The molecule has 0 saturated carbocycles. The van der Waals surface area contributed by atoms with Crippen molar-refractivity contribution in [2.75, 3.05) is 17.8 Å². The van der Waals surface area contributed by atoms with Crippen LogP contribution in [0.4, 0.5) is 5.69 Å². The molecule has 0 aliphatic carbocycles. The molecule has 0 aliphatic rings. The number of amides is 1. The smallest absolute Gasteiger partial charge is 0.227 e. The van der Waals surface area contributed by atoms with E-state index in [1.54, 1.807) is 11.9 Å². The van der Waals surface area contributed by atoms with E-state index in [1.165, 1.54) is 11.1 Å². The standard InChI is InChI=1S/C13H18ClNO/c1-9-7-11(3)12(8-10(9)2)15(4)13(16)5-6-14/h7-8H,5-6H2,1-4H3. The Hall–Kier alpha value is -1.02. The van der Waals surface area contributed by atoms with Gasteiger partial charge in [-0.2, -0.15) is 0 Å². The molecule has 16 heavy (non-hydrogen) atoms. The Kier molecular flexibility index (Phi) is 4.36. The Labute approximate surface area is 102 Å². The highest BCUT2D eigenvalue weighted by atomic mass is 35.5. The van der Waals surface area contributed by atoms with Crippen molar-refractivity contribution in [1.82, 2.24) is 0 Å². The summed E-state index contributed by atoms with van der Waals surface area (Å²) in [6, 6.07) is 4.16. The molecule has 0 saturated heterocycles. The second-order valence-corrected chi connectivity index (χ2v) is 4.49. The summed E-state index contributed by atoms with van der Waals surface area (Å²) < 4.78 is 0. The molecule has 1 aromatic rings. The fourth-order valence-corrected chi connectivity index (χ4v) is 1.85. The van der Waals surface area contributed by atoms with Crippen LogP contribution < -0.4 is 4.90 Å². The molecule has 0 unspecified atom stereocenters. The van der Waals surface area contributed by atoms with Gasteiger partial charge in [0.25, 0.3) is 0 Å². The van der Waals surface area contributed by atoms with Crippen LogP contribution in [-0.2, 0) is 4.79 Å². The van der Waals surface area contributed by atoms with Crippen LogP contribution in [0.2, 0.25) is 0 Å². The summed E-state index contributed by atoms with van der Waals surface area (Å²) in [5, 5.41) is 0. The number of hydrogen-bond donors (Lipinski definition) is 0. The summed E-state index contributed by atoms with van der Waals surface area (Å²) in [5.41, 5.74) is 4.54. The van der Waals surface area contributed by atoms with Gasteiger partial charge in [-0.05, 0) is 43.5 Å². The van der Waals surface area contributed by atoms with E-state index in [0.717, 1.165) is 11.3 Å². The lowest BCUT2D eigenvalue weighted by molar-refractivity contribution is -0.117. The van der Waals surface area contributed by atoms with Gasteiger partial charge >= 0.3 is 0 Å². The topological polar surface area (TPSA) is 20.3 Å². The number of nitrogens with zero attached hydrogens (tertiary/aromatic N) is 1. The lowest BCUT2D eigenvalue weighted by Crippen LogP contribution is -2.27. The number of alkyl halides is 1. The highest BCUT2D eigenvalue weighted by molar-refractivity contribution is 6.19. The van der Waals surface area contributed by atoms with E-state index in [9.17, 15) is 4.79 Å². The monoisotopic (exact) mass is 239 g/mol. The van der Waals surface area contributed by atoms with Gasteiger partial charge in [0.2, 0.25) is 5.91 Å². The molecular weight excluding hydrogens is 222 g/mol. The van der Waals surface area contributed by atoms with Gasteiger partial charge in [-0.25, -0.2) is 0 Å². The van der Waals surface area contributed by atoms with Crippen molar-refractivity contribution in [2.45, 2.75) is 27.2 Å². The minimum atomic E-state index is 0.0568. The van der Waals surface area contributed by atoms with E-state index in [4.69, 9.17) is 11.6 Å². The predicted octanol–water partition coefficient (Wildman–Crippen LogP) is 3.20. The van der Waals surface area contributed by atoms with Crippen molar-refractivity contribution in [1.29, 1.82) is 0 Å².